The monoisotopic (exact) mass is 142 g/mol. The maximum Gasteiger partial charge on any atom is 0.313 e. The minimum absolute atomic E-state index is 0.255. The first kappa shape index (κ1) is 6.85. The SMILES string of the molecule is CNc1nc(C)nc(F)n1. The lowest BCUT2D eigenvalue weighted by atomic mass is 10.7. The first-order valence-corrected chi connectivity index (χ1v) is 2.78. The van der Waals surface area contributed by atoms with Crippen LogP contribution in [-0.2, 0) is 0 Å². The molecule has 0 unspecified atom stereocenters. The Labute approximate surface area is 57.5 Å². The van der Waals surface area contributed by atoms with E-state index >= 15 is 0 Å². The van der Waals surface area contributed by atoms with Crippen LogP contribution in [0.3, 0.4) is 0 Å². The van der Waals surface area contributed by atoms with Crippen LogP contribution in [-0.4, -0.2) is 22.0 Å². The topological polar surface area (TPSA) is 50.7 Å². The molecule has 0 aliphatic carbocycles. The number of nitrogens with zero attached hydrogens (tertiary/aromatic N) is 3. The van der Waals surface area contributed by atoms with Crippen LogP contribution in [0.1, 0.15) is 5.82 Å². The van der Waals surface area contributed by atoms with Crippen LogP contribution in [0.25, 0.3) is 0 Å². The Morgan fingerprint density at radius 1 is 1.30 bits per heavy atom. The molecule has 54 valence electrons. The van der Waals surface area contributed by atoms with Crippen LogP contribution in [0.15, 0.2) is 0 Å². The number of halogens is 1. The van der Waals surface area contributed by atoms with Crippen molar-refractivity contribution >= 4 is 5.95 Å². The lowest BCUT2D eigenvalue weighted by Gasteiger charge is -1.96. The molecule has 0 bridgehead atoms. The van der Waals surface area contributed by atoms with E-state index in [9.17, 15) is 4.39 Å². The third kappa shape index (κ3) is 1.37. The summed E-state index contributed by atoms with van der Waals surface area (Å²) in [6, 6.07) is 0. The summed E-state index contributed by atoms with van der Waals surface area (Å²) in [6.45, 7) is 1.60. The third-order valence-electron chi connectivity index (χ3n) is 0.944. The molecule has 0 saturated carbocycles. The molecule has 0 saturated heterocycles. The van der Waals surface area contributed by atoms with E-state index in [1.807, 2.05) is 0 Å². The van der Waals surface area contributed by atoms with Crippen LogP contribution < -0.4 is 5.32 Å². The smallest absolute Gasteiger partial charge is 0.313 e. The van der Waals surface area contributed by atoms with Crippen LogP contribution in [0.2, 0.25) is 0 Å². The summed E-state index contributed by atoms with van der Waals surface area (Å²) in [6.07, 6.45) is -0.753. The van der Waals surface area contributed by atoms with Crippen molar-refractivity contribution in [2.75, 3.05) is 12.4 Å². The second-order valence-corrected chi connectivity index (χ2v) is 1.73. The van der Waals surface area contributed by atoms with Gasteiger partial charge in [-0.15, -0.1) is 0 Å². The van der Waals surface area contributed by atoms with Gasteiger partial charge in [0.25, 0.3) is 0 Å². The van der Waals surface area contributed by atoms with Gasteiger partial charge in [-0.05, 0) is 6.92 Å². The van der Waals surface area contributed by atoms with E-state index in [0.717, 1.165) is 0 Å². The van der Waals surface area contributed by atoms with Crippen molar-refractivity contribution in [3.63, 3.8) is 0 Å². The van der Waals surface area contributed by atoms with Gasteiger partial charge in [0.05, 0.1) is 0 Å². The summed E-state index contributed by atoms with van der Waals surface area (Å²) in [5, 5.41) is 2.61. The van der Waals surface area contributed by atoms with E-state index in [4.69, 9.17) is 0 Å². The molecule has 0 aromatic carbocycles. The second-order valence-electron chi connectivity index (χ2n) is 1.73. The first-order chi connectivity index (χ1) is 4.72. The van der Waals surface area contributed by atoms with Crippen molar-refractivity contribution in [3.8, 4) is 0 Å². The van der Waals surface area contributed by atoms with Gasteiger partial charge in [-0.3, -0.25) is 0 Å². The number of anilines is 1. The summed E-state index contributed by atoms with van der Waals surface area (Å²) in [5.74, 6) is 0.627. The minimum atomic E-state index is -0.753. The van der Waals surface area contributed by atoms with Crippen molar-refractivity contribution in [2.24, 2.45) is 0 Å². The fraction of sp³-hybridized carbons (Fsp3) is 0.400. The number of rotatable bonds is 1. The number of nitrogens with one attached hydrogen (secondary N) is 1. The van der Waals surface area contributed by atoms with E-state index in [2.05, 4.69) is 20.3 Å². The molecular weight excluding hydrogens is 135 g/mol. The van der Waals surface area contributed by atoms with E-state index in [-0.39, 0.29) is 5.95 Å². The number of aryl methyl sites for hydroxylation is 1. The van der Waals surface area contributed by atoms with Crippen molar-refractivity contribution in [2.45, 2.75) is 6.92 Å². The van der Waals surface area contributed by atoms with Gasteiger partial charge in [-0.1, -0.05) is 0 Å². The largest absolute Gasteiger partial charge is 0.357 e. The van der Waals surface area contributed by atoms with Gasteiger partial charge < -0.3 is 5.32 Å². The fourth-order valence-corrected chi connectivity index (χ4v) is 0.561. The van der Waals surface area contributed by atoms with Gasteiger partial charge in [0.1, 0.15) is 5.82 Å². The highest BCUT2D eigenvalue weighted by atomic mass is 19.1. The Morgan fingerprint density at radius 2 is 2.00 bits per heavy atom. The van der Waals surface area contributed by atoms with Crippen molar-refractivity contribution in [1.82, 2.24) is 15.0 Å². The summed E-state index contributed by atoms with van der Waals surface area (Å²) >= 11 is 0. The molecule has 0 atom stereocenters. The number of hydrogen-bond acceptors (Lipinski definition) is 4. The van der Waals surface area contributed by atoms with Crippen LogP contribution in [0.4, 0.5) is 10.3 Å². The molecule has 1 aromatic heterocycles. The predicted octanol–water partition coefficient (Wildman–Crippen LogP) is 0.361. The highest BCUT2D eigenvalue weighted by Crippen LogP contribution is 1.96. The summed E-state index contributed by atoms with van der Waals surface area (Å²) in [4.78, 5) is 10.5. The van der Waals surface area contributed by atoms with Crippen molar-refractivity contribution < 1.29 is 4.39 Å². The third-order valence-corrected chi connectivity index (χ3v) is 0.944. The van der Waals surface area contributed by atoms with E-state index in [0.29, 0.717) is 5.82 Å². The fourth-order valence-electron chi connectivity index (χ4n) is 0.561. The Hall–Kier alpha value is -1.26. The number of hydrogen-bond donors (Lipinski definition) is 1. The molecule has 0 aliphatic heterocycles. The molecule has 0 fully saturated rings. The lowest BCUT2D eigenvalue weighted by Crippen LogP contribution is -2.02. The molecule has 10 heavy (non-hydrogen) atoms. The summed E-state index contributed by atoms with van der Waals surface area (Å²) < 4.78 is 12.3. The zero-order valence-corrected chi connectivity index (χ0v) is 5.72. The van der Waals surface area contributed by atoms with Crippen molar-refractivity contribution in [1.29, 1.82) is 0 Å². The Morgan fingerprint density at radius 3 is 2.50 bits per heavy atom. The highest BCUT2D eigenvalue weighted by Gasteiger charge is 1.98. The average Bonchev–Trinajstić information content (AvgIpc) is 1.85. The van der Waals surface area contributed by atoms with Crippen LogP contribution in [0.5, 0.6) is 0 Å². The molecule has 0 radical (unpaired) electrons. The van der Waals surface area contributed by atoms with Gasteiger partial charge >= 0.3 is 6.08 Å². The summed E-state index contributed by atoms with van der Waals surface area (Å²) in [7, 11) is 1.62. The first-order valence-electron chi connectivity index (χ1n) is 2.78. The molecule has 1 heterocycles. The van der Waals surface area contributed by atoms with Crippen LogP contribution in [0, 0.1) is 13.0 Å². The lowest BCUT2D eigenvalue weighted by molar-refractivity contribution is 0.529. The maximum atomic E-state index is 12.3. The molecule has 0 aliphatic rings. The molecule has 0 amide bonds. The van der Waals surface area contributed by atoms with E-state index < -0.39 is 6.08 Å². The zero-order valence-electron chi connectivity index (χ0n) is 5.72. The minimum Gasteiger partial charge on any atom is -0.357 e. The Balaban J connectivity index is 3.06. The van der Waals surface area contributed by atoms with Gasteiger partial charge in [-0.2, -0.15) is 19.3 Å². The average molecular weight is 142 g/mol. The van der Waals surface area contributed by atoms with E-state index in [1.54, 1.807) is 14.0 Å². The van der Waals surface area contributed by atoms with Crippen LogP contribution >= 0.6 is 0 Å². The zero-order chi connectivity index (χ0) is 7.56. The van der Waals surface area contributed by atoms with E-state index in [1.165, 1.54) is 0 Å². The molecule has 5 heteroatoms. The molecule has 4 nitrogen and oxygen atoms in total. The highest BCUT2D eigenvalue weighted by molar-refractivity contribution is 5.20. The van der Waals surface area contributed by atoms with Gasteiger partial charge in [-0.25, -0.2) is 0 Å². The van der Waals surface area contributed by atoms with Gasteiger partial charge in [0.15, 0.2) is 0 Å². The maximum absolute atomic E-state index is 12.3. The Bertz CT molecular complexity index is 217. The summed E-state index contributed by atoms with van der Waals surface area (Å²) in [5.41, 5.74) is 0. The number of aromatic nitrogens is 3. The van der Waals surface area contributed by atoms with Crippen molar-refractivity contribution in [3.05, 3.63) is 11.9 Å². The van der Waals surface area contributed by atoms with Gasteiger partial charge in [0, 0.05) is 7.05 Å². The molecule has 1 rings (SSSR count). The molecular formula is C5H7FN4. The Kier molecular flexibility index (Phi) is 1.75. The quantitative estimate of drug-likeness (QED) is 0.615. The standard InChI is InChI=1S/C5H7FN4/c1-3-8-4(6)10-5(7-2)9-3/h1-2H3,(H,7,8,9,10). The molecule has 0 spiro atoms. The normalized spacial score (nSPS) is 9.50. The van der Waals surface area contributed by atoms with Gasteiger partial charge in [0.2, 0.25) is 5.95 Å². The second kappa shape index (κ2) is 2.55. The molecule has 1 N–H and O–H groups in total. The predicted molar refractivity (Wildman–Crippen MR) is 34.1 cm³/mol. The molecule has 1 aromatic rings.